The molecule has 5 rings (SSSR count). The van der Waals surface area contributed by atoms with Gasteiger partial charge in [-0.15, -0.1) is 0 Å². The van der Waals surface area contributed by atoms with Crippen molar-refractivity contribution in [1.82, 2.24) is 29.3 Å². The van der Waals surface area contributed by atoms with E-state index in [4.69, 9.17) is 10.5 Å². The maximum Gasteiger partial charge on any atom is 0.224 e. The number of hydrogen-bond donors (Lipinski definition) is 1. The molecule has 4 aromatic rings. The fourth-order valence-corrected chi connectivity index (χ4v) is 4.08. The van der Waals surface area contributed by atoms with Crippen LogP contribution >= 0.6 is 0 Å². The number of aryl methyl sites for hydroxylation is 2. The second-order valence-corrected chi connectivity index (χ2v) is 7.37. The fraction of sp³-hybridized carbons (Fsp3) is 0.174. The minimum Gasteiger partial charge on any atom is -0.422 e. The molecule has 0 radical (unpaired) electrons. The van der Waals surface area contributed by atoms with Crippen molar-refractivity contribution in [3.05, 3.63) is 83.7 Å². The first kappa shape index (κ1) is 19.5. The Morgan fingerprint density at radius 3 is 2.66 bits per heavy atom. The van der Waals surface area contributed by atoms with Gasteiger partial charge in [0.2, 0.25) is 11.8 Å². The zero-order chi connectivity index (χ0) is 22.2. The molecule has 32 heavy (non-hydrogen) atoms. The number of nitrogens with two attached hydrogens (primary N) is 1. The second-order valence-electron chi connectivity index (χ2n) is 7.37. The lowest BCUT2D eigenvalue weighted by molar-refractivity contribution is 0.358. The molecule has 1 aliphatic rings. The van der Waals surface area contributed by atoms with Crippen molar-refractivity contribution >= 4 is 0 Å². The van der Waals surface area contributed by atoms with Gasteiger partial charge in [0.05, 0.1) is 17.2 Å². The Bertz CT molecular complexity index is 1360. The van der Waals surface area contributed by atoms with E-state index < -0.39 is 5.92 Å². The smallest absolute Gasteiger partial charge is 0.224 e. The molecule has 9 nitrogen and oxygen atoms in total. The van der Waals surface area contributed by atoms with Crippen LogP contribution in [-0.2, 0) is 13.5 Å². The van der Waals surface area contributed by atoms with Gasteiger partial charge in [0, 0.05) is 37.7 Å². The highest BCUT2D eigenvalue weighted by Gasteiger charge is 2.37. The summed E-state index contributed by atoms with van der Waals surface area (Å²) in [5, 5.41) is 14.5. The number of allylic oxidation sites excluding steroid dienone is 1. The predicted molar refractivity (Wildman–Crippen MR) is 116 cm³/mol. The van der Waals surface area contributed by atoms with Gasteiger partial charge in [0.25, 0.3) is 0 Å². The minimum atomic E-state index is -0.440. The van der Waals surface area contributed by atoms with E-state index >= 15 is 0 Å². The molecule has 0 saturated carbocycles. The van der Waals surface area contributed by atoms with E-state index in [1.165, 1.54) is 6.33 Å². The highest BCUT2D eigenvalue weighted by molar-refractivity contribution is 5.68. The number of benzene rings is 1. The molecule has 3 aromatic heterocycles. The van der Waals surface area contributed by atoms with E-state index in [1.54, 1.807) is 30.2 Å². The van der Waals surface area contributed by atoms with E-state index in [0.717, 1.165) is 29.1 Å². The van der Waals surface area contributed by atoms with Gasteiger partial charge >= 0.3 is 0 Å². The molecule has 0 amide bonds. The van der Waals surface area contributed by atoms with Crippen molar-refractivity contribution in [1.29, 1.82) is 5.26 Å². The average molecular weight is 424 g/mol. The maximum absolute atomic E-state index is 9.93. The summed E-state index contributed by atoms with van der Waals surface area (Å²) in [6.45, 7) is 2.07. The molecule has 0 saturated heterocycles. The molecule has 1 unspecified atom stereocenters. The van der Waals surface area contributed by atoms with Gasteiger partial charge in [-0.05, 0) is 23.8 Å². The van der Waals surface area contributed by atoms with Crippen LogP contribution in [0.4, 0.5) is 0 Å². The van der Waals surface area contributed by atoms with E-state index in [9.17, 15) is 5.26 Å². The lowest BCUT2D eigenvalue weighted by Gasteiger charge is -2.25. The molecule has 2 N–H and O–H groups in total. The van der Waals surface area contributed by atoms with Crippen LogP contribution in [0.1, 0.15) is 29.8 Å². The van der Waals surface area contributed by atoms with E-state index in [-0.39, 0.29) is 5.88 Å². The number of hydrogen-bond acceptors (Lipinski definition) is 7. The van der Waals surface area contributed by atoms with Crippen LogP contribution in [0.15, 0.2) is 66.7 Å². The monoisotopic (exact) mass is 424 g/mol. The number of aromatic nitrogens is 6. The van der Waals surface area contributed by atoms with Gasteiger partial charge in [-0.2, -0.15) is 10.4 Å². The van der Waals surface area contributed by atoms with E-state index in [1.807, 2.05) is 35.0 Å². The molecule has 0 bridgehead atoms. The van der Waals surface area contributed by atoms with Crippen molar-refractivity contribution in [3.8, 4) is 29.0 Å². The second kappa shape index (κ2) is 7.67. The predicted octanol–water partition coefficient (Wildman–Crippen LogP) is 2.84. The van der Waals surface area contributed by atoms with Crippen LogP contribution in [-0.4, -0.2) is 29.3 Å². The van der Waals surface area contributed by atoms with Gasteiger partial charge < -0.3 is 15.0 Å². The Kier molecular flexibility index (Phi) is 4.67. The Morgan fingerprint density at radius 1 is 1.16 bits per heavy atom. The van der Waals surface area contributed by atoms with Crippen molar-refractivity contribution in [3.63, 3.8) is 0 Å². The van der Waals surface area contributed by atoms with Crippen LogP contribution in [0.25, 0.3) is 17.1 Å². The summed E-state index contributed by atoms with van der Waals surface area (Å²) in [6, 6.07) is 12.0. The first-order chi connectivity index (χ1) is 15.6. The fourth-order valence-electron chi connectivity index (χ4n) is 4.08. The quantitative estimate of drug-likeness (QED) is 0.535. The van der Waals surface area contributed by atoms with E-state index in [0.29, 0.717) is 22.8 Å². The van der Waals surface area contributed by atoms with Crippen molar-refractivity contribution in [2.75, 3.05) is 0 Å². The molecular weight excluding hydrogens is 404 g/mol. The molecule has 0 spiro atoms. The number of fused-ring (bicyclic) bond motifs is 1. The number of nitriles is 1. The number of ether oxygens (including phenoxy) is 1. The third kappa shape index (κ3) is 3.01. The average Bonchev–Trinajstić information content (AvgIpc) is 3.43. The lowest BCUT2D eigenvalue weighted by Crippen LogP contribution is -2.22. The molecule has 1 atom stereocenters. The topological polar surface area (TPSA) is 120 Å². The highest BCUT2D eigenvalue weighted by Crippen LogP contribution is 2.46. The standard InChI is InChI=1S/C23H20N8O/c1-3-18-27-10-11-31(18)15-6-4-14(5-7-15)19-16(12-24)22(25)32-23-20(19)21(29-30(23)2)17-8-9-26-13-28-17/h4-11,13,19H,3,25H2,1-2H3. The van der Waals surface area contributed by atoms with Gasteiger partial charge in [-0.1, -0.05) is 19.1 Å². The first-order valence-electron chi connectivity index (χ1n) is 10.2. The highest BCUT2D eigenvalue weighted by atomic mass is 16.5. The molecule has 1 aromatic carbocycles. The van der Waals surface area contributed by atoms with E-state index in [2.05, 4.69) is 33.0 Å². The summed E-state index contributed by atoms with van der Waals surface area (Å²) in [5.74, 6) is 1.11. The van der Waals surface area contributed by atoms with Crippen LogP contribution in [0.2, 0.25) is 0 Å². The molecule has 0 fully saturated rings. The van der Waals surface area contributed by atoms with Gasteiger partial charge in [-0.3, -0.25) is 0 Å². The zero-order valence-electron chi connectivity index (χ0n) is 17.6. The minimum absolute atomic E-state index is 0.0780. The van der Waals surface area contributed by atoms with Crippen LogP contribution < -0.4 is 10.5 Å². The Morgan fingerprint density at radius 2 is 1.97 bits per heavy atom. The summed E-state index contributed by atoms with van der Waals surface area (Å²) >= 11 is 0. The summed E-state index contributed by atoms with van der Waals surface area (Å²) in [5.41, 5.74) is 10.4. The van der Waals surface area contributed by atoms with Crippen LogP contribution in [0.3, 0.4) is 0 Å². The Hall–Kier alpha value is -4.45. The summed E-state index contributed by atoms with van der Waals surface area (Å²) in [6.07, 6.45) is 7.68. The summed E-state index contributed by atoms with van der Waals surface area (Å²) in [4.78, 5) is 12.7. The molecule has 4 heterocycles. The van der Waals surface area contributed by atoms with Gasteiger partial charge in [0.15, 0.2) is 0 Å². The van der Waals surface area contributed by atoms with Crippen molar-refractivity contribution in [2.45, 2.75) is 19.3 Å². The maximum atomic E-state index is 9.93. The number of imidazole rings is 1. The molecule has 9 heteroatoms. The number of rotatable bonds is 4. The van der Waals surface area contributed by atoms with Gasteiger partial charge in [0.1, 0.15) is 29.5 Å². The molecule has 1 aliphatic heterocycles. The van der Waals surface area contributed by atoms with Crippen LogP contribution in [0, 0.1) is 11.3 Å². The summed E-state index contributed by atoms with van der Waals surface area (Å²) in [7, 11) is 1.78. The molecule has 0 aliphatic carbocycles. The largest absolute Gasteiger partial charge is 0.422 e. The summed E-state index contributed by atoms with van der Waals surface area (Å²) < 4.78 is 9.48. The third-order valence-electron chi connectivity index (χ3n) is 5.56. The molecule has 158 valence electrons. The first-order valence-corrected chi connectivity index (χ1v) is 10.2. The van der Waals surface area contributed by atoms with Crippen molar-refractivity contribution < 1.29 is 4.74 Å². The Balaban J connectivity index is 1.66. The zero-order valence-corrected chi connectivity index (χ0v) is 17.6. The molecular formula is C23H20N8O. The normalized spacial score (nSPS) is 15.2. The third-order valence-corrected chi connectivity index (χ3v) is 5.56. The SMILES string of the molecule is CCc1nccn1-c1ccc(C2C(C#N)=C(N)Oc3c2c(-c2ccncn2)nn3C)cc1. The lowest BCUT2D eigenvalue weighted by atomic mass is 9.83. The Labute approximate surface area is 184 Å². The van der Waals surface area contributed by atoms with Gasteiger partial charge in [-0.25, -0.2) is 19.6 Å². The number of nitrogens with zero attached hydrogens (tertiary/aromatic N) is 7. The van der Waals surface area contributed by atoms with Crippen LogP contribution in [0.5, 0.6) is 5.88 Å². The van der Waals surface area contributed by atoms with Crippen molar-refractivity contribution in [2.24, 2.45) is 12.8 Å².